The number of phenols is 1. The predicted molar refractivity (Wildman–Crippen MR) is 177 cm³/mol. The number of hydrogen-bond acceptors (Lipinski definition) is 3. The average molecular weight is 562 g/mol. The van der Waals surface area contributed by atoms with E-state index in [9.17, 15) is 5.11 Å². The molecule has 5 heteroatoms. The summed E-state index contributed by atoms with van der Waals surface area (Å²) in [7, 11) is 0.594. The zero-order chi connectivity index (χ0) is 29.9. The van der Waals surface area contributed by atoms with Crippen molar-refractivity contribution in [3.63, 3.8) is 0 Å². The van der Waals surface area contributed by atoms with Crippen LogP contribution in [0, 0.1) is 0 Å². The van der Waals surface area contributed by atoms with Gasteiger partial charge in [-0.1, -0.05) is 91.5 Å². The second-order valence-electron chi connectivity index (χ2n) is 14.4. The summed E-state index contributed by atoms with van der Waals surface area (Å²) in [5.74, 6) is 0.995. The summed E-state index contributed by atoms with van der Waals surface area (Å²) in [6, 6.07) is 23.4. The molecular formula is C36H43N3OSi. The molecule has 0 amide bonds. The highest BCUT2D eigenvalue weighted by Gasteiger charge is 2.22. The number of benzene rings is 3. The minimum Gasteiger partial charge on any atom is -0.507 e. The van der Waals surface area contributed by atoms with Gasteiger partial charge in [0.25, 0.3) is 0 Å². The van der Waals surface area contributed by atoms with Crippen LogP contribution in [0.1, 0.15) is 52.7 Å². The van der Waals surface area contributed by atoms with E-state index in [0.717, 1.165) is 50.4 Å². The Morgan fingerprint density at radius 3 is 2.02 bits per heavy atom. The zero-order valence-corrected chi connectivity index (χ0v) is 27.2. The summed E-state index contributed by atoms with van der Waals surface area (Å²) in [5, 5.41) is 12.2. The Morgan fingerprint density at radius 1 is 0.732 bits per heavy atom. The number of aromatic hydroxyl groups is 1. The number of imidazole rings is 1. The summed E-state index contributed by atoms with van der Waals surface area (Å²) in [6.07, 6.45) is 2.06. The number of hydrogen-bond donors (Lipinski definition) is 1. The summed E-state index contributed by atoms with van der Waals surface area (Å²) in [4.78, 5) is 10.1. The van der Waals surface area contributed by atoms with E-state index in [1.54, 1.807) is 6.07 Å². The van der Waals surface area contributed by atoms with Gasteiger partial charge in [-0.05, 0) is 69.1 Å². The molecule has 1 N–H and O–H groups in total. The van der Waals surface area contributed by atoms with Crippen LogP contribution in [0.3, 0.4) is 0 Å². The van der Waals surface area contributed by atoms with Crippen molar-refractivity contribution >= 4 is 24.3 Å². The molecule has 0 aliphatic rings. The third kappa shape index (κ3) is 5.60. The smallest absolute Gasteiger partial charge is 0.144 e. The first-order valence-electron chi connectivity index (χ1n) is 14.5. The highest BCUT2D eigenvalue weighted by Crippen LogP contribution is 2.39. The Labute approximate surface area is 246 Å². The van der Waals surface area contributed by atoms with Gasteiger partial charge in [-0.2, -0.15) is 0 Å². The Bertz CT molecular complexity index is 1740. The molecule has 0 aliphatic carbocycles. The fourth-order valence-electron chi connectivity index (χ4n) is 5.24. The lowest BCUT2D eigenvalue weighted by atomic mass is 9.83. The second-order valence-corrected chi connectivity index (χ2v) is 19.5. The molecular weight excluding hydrogens is 519 g/mol. The Kier molecular flexibility index (Phi) is 7.02. The molecule has 0 fully saturated rings. The molecule has 0 aliphatic heterocycles. The molecule has 41 heavy (non-hydrogen) atoms. The molecule has 0 radical (unpaired) electrons. The van der Waals surface area contributed by atoms with E-state index >= 15 is 0 Å². The second kappa shape index (κ2) is 9.99. The summed E-state index contributed by atoms with van der Waals surface area (Å²) >= 11 is 0. The quantitative estimate of drug-likeness (QED) is 0.223. The van der Waals surface area contributed by atoms with Crippen molar-refractivity contribution in [2.45, 2.75) is 72.0 Å². The van der Waals surface area contributed by atoms with Gasteiger partial charge in [0.15, 0.2) is 0 Å². The van der Waals surface area contributed by atoms with E-state index in [2.05, 4.69) is 127 Å². The van der Waals surface area contributed by atoms with Gasteiger partial charge in [0.05, 0.1) is 30.4 Å². The largest absolute Gasteiger partial charge is 0.507 e. The number of aromatic nitrogens is 3. The van der Waals surface area contributed by atoms with Gasteiger partial charge in [-0.25, -0.2) is 4.98 Å². The number of aryl methyl sites for hydroxylation is 1. The van der Waals surface area contributed by atoms with Crippen LogP contribution in [0.15, 0.2) is 72.9 Å². The van der Waals surface area contributed by atoms with E-state index in [4.69, 9.17) is 9.97 Å². The molecule has 3 aromatic carbocycles. The highest BCUT2D eigenvalue weighted by atomic mass is 28.3. The third-order valence-electron chi connectivity index (χ3n) is 8.05. The zero-order valence-electron chi connectivity index (χ0n) is 26.2. The lowest BCUT2D eigenvalue weighted by molar-refractivity contribution is 0.475. The van der Waals surface area contributed by atoms with Gasteiger partial charge in [0, 0.05) is 24.4 Å². The average Bonchev–Trinajstić information content (AvgIpc) is 3.23. The SMILES string of the molecule is Cn1c(-c2cc(C(C)(C)C)ccc2O)nc2c(-c3cc(-c4ccc([Si](C)(C)C)cn4)cc(C(C)(C)C)c3)cccc21. The maximum Gasteiger partial charge on any atom is 0.144 e. The van der Waals surface area contributed by atoms with Crippen LogP contribution in [0.2, 0.25) is 19.6 Å². The molecule has 4 nitrogen and oxygen atoms in total. The van der Waals surface area contributed by atoms with Gasteiger partial charge < -0.3 is 9.67 Å². The normalized spacial score (nSPS) is 12.7. The van der Waals surface area contributed by atoms with E-state index in [-0.39, 0.29) is 16.6 Å². The molecule has 0 unspecified atom stereocenters. The van der Waals surface area contributed by atoms with Crippen molar-refractivity contribution in [2.24, 2.45) is 7.05 Å². The highest BCUT2D eigenvalue weighted by molar-refractivity contribution is 6.88. The van der Waals surface area contributed by atoms with Crippen LogP contribution in [0.4, 0.5) is 0 Å². The number of rotatable bonds is 4. The summed E-state index contributed by atoms with van der Waals surface area (Å²) in [5.41, 5.74) is 9.32. The fraction of sp³-hybridized carbons (Fsp3) is 0.333. The maximum absolute atomic E-state index is 10.9. The first-order valence-corrected chi connectivity index (χ1v) is 18.0. The molecule has 212 valence electrons. The summed E-state index contributed by atoms with van der Waals surface area (Å²) < 4.78 is 2.09. The molecule has 0 saturated carbocycles. The number of pyridine rings is 1. The first kappa shape index (κ1) is 28.8. The van der Waals surface area contributed by atoms with E-state index in [1.165, 1.54) is 10.8 Å². The Morgan fingerprint density at radius 2 is 1.41 bits per heavy atom. The van der Waals surface area contributed by atoms with E-state index in [0.29, 0.717) is 0 Å². The van der Waals surface area contributed by atoms with Gasteiger partial charge in [0.1, 0.15) is 11.6 Å². The minimum absolute atomic E-state index is 0.0363. The Hall–Kier alpha value is -3.70. The number of para-hydroxylation sites is 1. The predicted octanol–water partition coefficient (Wildman–Crippen LogP) is 8.82. The van der Waals surface area contributed by atoms with Crippen molar-refractivity contribution in [1.82, 2.24) is 14.5 Å². The van der Waals surface area contributed by atoms with Crippen molar-refractivity contribution in [3.05, 3.63) is 84.1 Å². The van der Waals surface area contributed by atoms with E-state index in [1.807, 2.05) is 13.1 Å². The third-order valence-corrected chi connectivity index (χ3v) is 10.1. The van der Waals surface area contributed by atoms with Crippen LogP contribution in [0.5, 0.6) is 5.75 Å². The van der Waals surface area contributed by atoms with Gasteiger partial charge in [-0.15, -0.1) is 0 Å². The standard InChI is InChI=1S/C36H43N3OSi/c1-35(2,3)25-14-17-32(40)29(21-25)34-38-33-28(12-11-13-31(33)39(34)7)23-18-24(20-26(19-23)36(4,5)6)30-16-15-27(22-37-30)41(8,9)10/h11-22,40H,1-10H3. The molecule has 0 saturated heterocycles. The number of phenolic OH excluding ortho intramolecular Hbond substituents is 1. The van der Waals surface area contributed by atoms with Gasteiger partial charge in [-0.3, -0.25) is 4.98 Å². The molecule has 5 rings (SSSR count). The molecule has 0 bridgehead atoms. The van der Waals surface area contributed by atoms with Crippen molar-refractivity contribution < 1.29 is 5.11 Å². The van der Waals surface area contributed by atoms with Crippen LogP contribution < -0.4 is 5.19 Å². The first-order chi connectivity index (χ1) is 19.0. The maximum atomic E-state index is 10.9. The fourth-order valence-corrected chi connectivity index (χ4v) is 6.28. The van der Waals surface area contributed by atoms with Crippen molar-refractivity contribution in [3.8, 4) is 39.5 Å². The number of nitrogens with zero attached hydrogens (tertiary/aromatic N) is 3. The molecule has 2 heterocycles. The van der Waals surface area contributed by atoms with Crippen molar-refractivity contribution in [2.75, 3.05) is 0 Å². The lowest BCUT2D eigenvalue weighted by Crippen LogP contribution is -2.37. The van der Waals surface area contributed by atoms with Gasteiger partial charge in [0.2, 0.25) is 0 Å². The Balaban J connectivity index is 1.70. The monoisotopic (exact) mass is 561 g/mol. The van der Waals surface area contributed by atoms with E-state index < -0.39 is 8.07 Å². The molecule has 0 spiro atoms. The number of fused-ring (bicyclic) bond motifs is 1. The minimum atomic E-state index is -1.43. The molecule has 5 aromatic rings. The topological polar surface area (TPSA) is 50.9 Å². The van der Waals surface area contributed by atoms with Crippen LogP contribution in [-0.4, -0.2) is 27.7 Å². The van der Waals surface area contributed by atoms with Crippen molar-refractivity contribution in [1.29, 1.82) is 0 Å². The lowest BCUT2D eigenvalue weighted by Gasteiger charge is -2.22. The molecule has 2 aromatic heterocycles. The van der Waals surface area contributed by atoms with Crippen LogP contribution in [0.25, 0.3) is 44.8 Å². The molecule has 0 atom stereocenters. The van der Waals surface area contributed by atoms with Crippen LogP contribution >= 0.6 is 0 Å². The van der Waals surface area contributed by atoms with Gasteiger partial charge >= 0.3 is 0 Å². The van der Waals surface area contributed by atoms with Crippen LogP contribution in [-0.2, 0) is 17.9 Å². The summed E-state index contributed by atoms with van der Waals surface area (Å²) in [6.45, 7) is 20.4.